The monoisotopic (exact) mass is 267 g/mol. The molecule has 0 heterocycles. The van der Waals surface area contributed by atoms with Gasteiger partial charge in [0.1, 0.15) is 12.4 Å². The predicted octanol–water partition coefficient (Wildman–Crippen LogP) is 4.14. The van der Waals surface area contributed by atoms with Crippen LogP contribution in [0, 0.1) is 0 Å². The first-order chi connectivity index (χ1) is 9.76. The van der Waals surface area contributed by atoms with E-state index in [0.29, 0.717) is 12.3 Å². The summed E-state index contributed by atoms with van der Waals surface area (Å²) < 4.78 is 5.98. The molecule has 2 rings (SSSR count). The number of ether oxygens (including phenoxy) is 1. The summed E-state index contributed by atoms with van der Waals surface area (Å²) in [5, 5.41) is 0. The minimum absolute atomic E-state index is 0.530. The van der Waals surface area contributed by atoms with Crippen molar-refractivity contribution in [2.45, 2.75) is 26.4 Å². The van der Waals surface area contributed by atoms with Gasteiger partial charge in [-0.05, 0) is 30.0 Å². The lowest BCUT2D eigenvalue weighted by Gasteiger charge is -2.16. The lowest BCUT2D eigenvalue weighted by molar-refractivity contribution is 0.305. The average Bonchev–Trinajstić information content (AvgIpc) is 2.48. The van der Waals surface area contributed by atoms with E-state index in [9.17, 15) is 0 Å². The third kappa shape index (κ3) is 3.21. The summed E-state index contributed by atoms with van der Waals surface area (Å²) in [7, 11) is 0. The minimum Gasteiger partial charge on any atom is -0.486 e. The van der Waals surface area contributed by atoms with E-state index < -0.39 is 0 Å². The highest BCUT2D eigenvalue weighted by Gasteiger charge is 2.11. The van der Waals surface area contributed by atoms with Crippen LogP contribution >= 0.6 is 0 Å². The van der Waals surface area contributed by atoms with Crippen molar-refractivity contribution in [3.05, 3.63) is 71.8 Å². The van der Waals surface area contributed by atoms with E-state index in [1.165, 1.54) is 5.56 Å². The third-order valence-electron chi connectivity index (χ3n) is 3.34. The van der Waals surface area contributed by atoms with E-state index >= 15 is 0 Å². The molecule has 2 aromatic rings. The van der Waals surface area contributed by atoms with Gasteiger partial charge >= 0.3 is 0 Å². The van der Waals surface area contributed by atoms with Crippen LogP contribution in [0.15, 0.2) is 55.1 Å². The van der Waals surface area contributed by atoms with Crippen LogP contribution in [-0.2, 0) is 19.4 Å². The zero-order valence-corrected chi connectivity index (χ0v) is 11.9. The number of nitrogens with two attached hydrogens (primary N) is 1. The quantitative estimate of drug-likeness (QED) is 0.630. The van der Waals surface area contributed by atoms with E-state index in [0.717, 1.165) is 29.7 Å². The zero-order chi connectivity index (χ0) is 14.4. The second-order valence-electron chi connectivity index (χ2n) is 4.74. The number of allylic oxidation sites excluding steroid dienone is 1. The van der Waals surface area contributed by atoms with Crippen LogP contribution in [0.1, 0.15) is 23.6 Å². The van der Waals surface area contributed by atoms with Gasteiger partial charge in [-0.25, -0.2) is 0 Å². The van der Waals surface area contributed by atoms with E-state index in [4.69, 9.17) is 10.5 Å². The van der Waals surface area contributed by atoms with Gasteiger partial charge in [0.05, 0.1) is 5.69 Å². The second kappa shape index (κ2) is 6.80. The van der Waals surface area contributed by atoms with Crippen molar-refractivity contribution in [3.8, 4) is 5.75 Å². The number of aryl methyl sites for hydroxylation is 1. The molecule has 0 unspecified atom stereocenters. The van der Waals surface area contributed by atoms with Crippen LogP contribution in [0.3, 0.4) is 0 Å². The molecular weight excluding hydrogens is 246 g/mol. The van der Waals surface area contributed by atoms with Gasteiger partial charge in [-0.3, -0.25) is 0 Å². The normalized spacial score (nSPS) is 10.2. The maximum atomic E-state index is 6.08. The first-order valence-electron chi connectivity index (χ1n) is 6.94. The summed E-state index contributed by atoms with van der Waals surface area (Å²) in [5.74, 6) is 0.799. The van der Waals surface area contributed by atoms with Gasteiger partial charge in [0.25, 0.3) is 0 Å². The van der Waals surface area contributed by atoms with Gasteiger partial charge in [-0.15, -0.1) is 6.58 Å². The summed E-state index contributed by atoms with van der Waals surface area (Å²) in [4.78, 5) is 0. The highest BCUT2D eigenvalue weighted by Crippen LogP contribution is 2.31. The van der Waals surface area contributed by atoms with Gasteiger partial charge < -0.3 is 10.5 Å². The molecule has 0 fully saturated rings. The fourth-order valence-electron chi connectivity index (χ4n) is 2.29. The first kappa shape index (κ1) is 14.2. The van der Waals surface area contributed by atoms with Gasteiger partial charge in [0.15, 0.2) is 0 Å². The Hall–Kier alpha value is -2.22. The first-order valence-corrected chi connectivity index (χ1v) is 6.94. The molecule has 20 heavy (non-hydrogen) atoms. The Labute approximate surface area is 120 Å². The SMILES string of the molecule is C=CCc1c(CC)ccc(N)c1OCc1ccccc1. The molecule has 2 nitrogen and oxygen atoms in total. The lowest BCUT2D eigenvalue weighted by Crippen LogP contribution is -2.04. The Kier molecular flexibility index (Phi) is 4.83. The van der Waals surface area contributed by atoms with Gasteiger partial charge in [-0.2, -0.15) is 0 Å². The summed E-state index contributed by atoms with van der Waals surface area (Å²) in [5.41, 5.74) is 10.3. The van der Waals surface area contributed by atoms with Gasteiger partial charge in [0.2, 0.25) is 0 Å². The fraction of sp³-hybridized carbons (Fsp3) is 0.222. The molecule has 0 saturated carbocycles. The van der Waals surface area contributed by atoms with Crippen LogP contribution in [0.5, 0.6) is 5.75 Å². The van der Waals surface area contributed by atoms with E-state index in [1.807, 2.05) is 42.5 Å². The Bertz CT molecular complexity index is 575. The Morgan fingerprint density at radius 1 is 1.15 bits per heavy atom. The molecule has 2 heteroatoms. The van der Waals surface area contributed by atoms with E-state index in [2.05, 4.69) is 19.6 Å². The van der Waals surface area contributed by atoms with Crippen molar-refractivity contribution in [3.63, 3.8) is 0 Å². The largest absolute Gasteiger partial charge is 0.486 e. The Morgan fingerprint density at radius 2 is 1.90 bits per heavy atom. The summed E-state index contributed by atoms with van der Waals surface area (Å²) in [6, 6.07) is 14.1. The maximum Gasteiger partial charge on any atom is 0.146 e. The van der Waals surface area contributed by atoms with Gasteiger partial charge in [0, 0.05) is 5.56 Å². The molecule has 0 radical (unpaired) electrons. The number of benzene rings is 2. The molecule has 104 valence electrons. The molecule has 0 aliphatic heterocycles. The molecule has 0 saturated heterocycles. The number of rotatable bonds is 6. The smallest absolute Gasteiger partial charge is 0.146 e. The van der Waals surface area contributed by atoms with Gasteiger partial charge in [-0.1, -0.05) is 49.4 Å². The maximum absolute atomic E-state index is 6.08. The fourth-order valence-corrected chi connectivity index (χ4v) is 2.29. The summed E-state index contributed by atoms with van der Waals surface area (Å²) in [6.45, 7) is 6.49. The molecule has 0 amide bonds. The number of anilines is 1. The Balaban J connectivity index is 2.27. The van der Waals surface area contributed by atoms with E-state index in [-0.39, 0.29) is 0 Å². The average molecular weight is 267 g/mol. The lowest BCUT2D eigenvalue weighted by atomic mass is 10.00. The highest BCUT2D eigenvalue weighted by atomic mass is 16.5. The van der Waals surface area contributed by atoms with Crippen molar-refractivity contribution in [1.82, 2.24) is 0 Å². The summed E-state index contributed by atoms with van der Waals surface area (Å²) in [6.07, 6.45) is 3.63. The molecule has 2 aromatic carbocycles. The van der Waals surface area contributed by atoms with Crippen molar-refractivity contribution >= 4 is 5.69 Å². The van der Waals surface area contributed by atoms with Crippen LogP contribution in [-0.4, -0.2) is 0 Å². The molecule has 0 aliphatic carbocycles. The standard InChI is InChI=1S/C18H21NO/c1-3-8-16-15(4-2)11-12-17(19)18(16)20-13-14-9-6-5-7-10-14/h3,5-7,9-12H,1,4,8,13,19H2,2H3. The second-order valence-corrected chi connectivity index (χ2v) is 4.74. The van der Waals surface area contributed by atoms with Crippen molar-refractivity contribution in [1.29, 1.82) is 0 Å². The van der Waals surface area contributed by atoms with Crippen LogP contribution in [0.2, 0.25) is 0 Å². The predicted molar refractivity (Wildman–Crippen MR) is 84.9 cm³/mol. The molecule has 0 aliphatic rings. The number of nitrogen functional groups attached to an aromatic ring is 1. The van der Waals surface area contributed by atoms with Crippen LogP contribution < -0.4 is 10.5 Å². The van der Waals surface area contributed by atoms with Crippen molar-refractivity contribution in [2.24, 2.45) is 0 Å². The third-order valence-corrected chi connectivity index (χ3v) is 3.34. The molecular formula is C18H21NO. The van der Waals surface area contributed by atoms with Crippen LogP contribution in [0.4, 0.5) is 5.69 Å². The molecule has 0 bridgehead atoms. The summed E-state index contributed by atoms with van der Waals surface area (Å²) >= 11 is 0. The van der Waals surface area contributed by atoms with E-state index in [1.54, 1.807) is 0 Å². The molecule has 0 aromatic heterocycles. The van der Waals surface area contributed by atoms with Crippen molar-refractivity contribution < 1.29 is 4.74 Å². The van der Waals surface area contributed by atoms with Crippen molar-refractivity contribution in [2.75, 3.05) is 5.73 Å². The minimum atomic E-state index is 0.530. The molecule has 2 N–H and O–H groups in total. The topological polar surface area (TPSA) is 35.2 Å². The van der Waals surface area contributed by atoms with Crippen LogP contribution in [0.25, 0.3) is 0 Å². The molecule has 0 spiro atoms. The zero-order valence-electron chi connectivity index (χ0n) is 11.9. The highest BCUT2D eigenvalue weighted by molar-refractivity contribution is 5.60. The Morgan fingerprint density at radius 3 is 2.55 bits per heavy atom. The molecule has 0 atom stereocenters. The number of hydrogen-bond donors (Lipinski definition) is 1. The number of hydrogen-bond acceptors (Lipinski definition) is 2.